The number of hydrogen-bond donors (Lipinski definition) is 0. The molecule has 1 atom stereocenters. The average molecular weight is 408 g/mol. The molecule has 4 rings (SSSR count). The summed E-state index contributed by atoms with van der Waals surface area (Å²) in [6.07, 6.45) is 2.60. The minimum atomic E-state index is -3.58. The predicted molar refractivity (Wildman–Crippen MR) is 115 cm³/mol. The molecule has 1 aliphatic heterocycles. The molecule has 0 N–H and O–H groups in total. The number of allylic oxidation sites excluding steroid dienone is 3. The van der Waals surface area contributed by atoms with Gasteiger partial charge in [-0.05, 0) is 49.1 Å². The van der Waals surface area contributed by atoms with E-state index in [0.29, 0.717) is 24.4 Å². The highest BCUT2D eigenvalue weighted by Gasteiger charge is 2.46. The van der Waals surface area contributed by atoms with Crippen LogP contribution in [0.5, 0.6) is 0 Å². The van der Waals surface area contributed by atoms with Gasteiger partial charge in [-0.1, -0.05) is 61.0 Å². The molecule has 4 nitrogen and oxygen atoms in total. The number of hydrogen-bond acceptors (Lipinski definition) is 3. The maximum atomic E-state index is 13.2. The summed E-state index contributed by atoms with van der Waals surface area (Å²) in [4.78, 5) is 12.7. The summed E-state index contributed by atoms with van der Waals surface area (Å²) in [5.41, 5.74) is 4.41. The fraction of sp³-hybridized carbons (Fsp3) is 0.292. The molecule has 2 aromatic carbocycles. The number of ketones is 1. The number of sulfonamides is 1. The van der Waals surface area contributed by atoms with Crippen LogP contribution in [-0.4, -0.2) is 31.6 Å². The Kier molecular flexibility index (Phi) is 4.83. The van der Waals surface area contributed by atoms with Crippen LogP contribution in [0.15, 0.2) is 76.7 Å². The zero-order chi connectivity index (χ0) is 20.8. The summed E-state index contributed by atoms with van der Waals surface area (Å²) in [5, 5.41) is 0. The van der Waals surface area contributed by atoms with Gasteiger partial charge < -0.3 is 0 Å². The Morgan fingerprint density at radius 1 is 1.03 bits per heavy atom. The number of benzene rings is 2. The minimum absolute atomic E-state index is 0.0419. The fourth-order valence-corrected chi connectivity index (χ4v) is 5.82. The number of fused-ring (bicyclic) bond motifs is 1. The van der Waals surface area contributed by atoms with Gasteiger partial charge in [0.25, 0.3) is 0 Å². The number of rotatable bonds is 4. The molecule has 0 spiro atoms. The van der Waals surface area contributed by atoms with Gasteiger partial charge in [0.05, 0.1) is 4.90 Å². The predicted octanol–water partition coefficient (Wildman–Crippen LogP) is 4.38. The van der Waals surface area contributed by atoms with Gasteiger partial charge in [-0.15, -0.1) is 0 Å². The summed E-state index contributed by atoms with van der Waals surface area (Å²) in [6.45, 7) is 6.33. The first-order valence-electron chi connectivity index (χ1n) is 9.78. The Labute approximate surface area is 172 Å². The first-order chi connectivity index (χ1) is 13.7. The van der Waals surface area contributed by atoms with Crippen molar-refractivity contribution in [2.75, 3.05) is 13.1 Å². The second-order valence-electron chi connectivity index (χ2n) is 8.31. The molecular weight excluding hydrogens is 382 g/mol. The number of nitrogens with zero attached hydrogens (tertiary/aromatic N) is 1. The first kappa shape index (κ1) is 19.8. The molecule has 0 radical (unpaired) electrons. The van der Waals surface area contributed by atoms with Gasteiger partial charge in [0.1, 0.15) is 0 Å². The van der Waals surface area contributed by atoms with Crippen molar-refractivity contribution in [1.82, 2.24) is 4.31 Å². The summed E-state index contributed by atoms with van der Waals surface area (Å²) in [5.74, 6) is 0.0419. The third-order valence-corrected chi connectivity index (χ3v) is 7.83. The molecule has 5 heteroatoms. The summed E-state index contributed by atoms with van der Waals surface area (Å²) >= 11 is 0. The van der Waals surface area contributed by atoms with E-state index in [1.165, 1.54) is 0 Å². The summed E-state index contributed by atoms with van der Waals surface area (Å²) in [6, 6.07) is 16.8. The second kappa shape index (κ2) is 7.08. The van der Waals surface area contributed by atoms with Gasteiger partial charge in [0, 0.05) is 24.1 Å². The quantitative estimate of drug-likeness (QED) is 0.756. The molecule has 0 amide bonds. The van der Waals surface area contributed by atoms with E-state index in [-0.39, 0.29) is 11.2 Å². The van der Waals surface area contributed by atoms with Gasteiger partial charge in [-0.2, -0.15) is 4.31 Å². The zero-order valence-corrected chi connectivity index (χ0v) is 17.8. The lowest BCUT2D eigenvalue weighted by Crippen LogP contribution is -2.32. The van der Waals surface area contributed by atoms with Crippen molar-refractivity contribution < 1.29 is 13.2 Å². The van der Waals surface area contributed by atoms with Crippen LogP contribution in [0.3, 0.4) is 0 Å². The number of aryl methyl sites for hydroxylation is 1. The van der Waals surface area contributed by atoms with Crippen LogP contribution in [0.1, 0.15) is 31.4 Å². The van der Waals surface area contributed by atoms with Gasteiger partial charge in [0.15, 0.2) is 5.78 Å². The number of Topliss-reactive ketones (excluding diaryl/α,β-unsaturated/α-hetero) is 1. The van der Waals surface area contributed by atoms with E-state index < -0.39 is 10.0 Å². The molecule has 1 saturated heterocycles. The molecule has 1 aliphatic carbocycles. The van der Waals surface area contributed by atoms with Crippen LogP contribution in [0.4, 0.5) is 0 Å². The Balaban J connectivity index is 1.72. The van der Waals surface area contributed by atoms with Crippen molar-refractivity contribution in [1.29, 1.82) is 0 Å². The topological polar surface area (TPSA) is 54.5 Å². The minimum Gasteiger partial charge on any atom is -0.295 e. The van der Waals surface area contributed by atoms with Crippen molar-refractivity contribution >= 4 is 21.4 Å². The van der Waals surface area contributed by atoms with Crippen molar-refractivity contribution in [3.05, 3.63) is 82.9 Å². The average Bonchev–Trinajstić information content (AvgIpc) is 3.05. The highest BCUT2D eigenvalue weighted by molar-refractivity contribution is 7.89. The molecule has 0 bridgehead atoms. The fourth-order valence-electron chi connectivity index (χ4n) is 4.28. The third kappa shape index (κ3) is 3.49. The molecule has 0 saturated carbocycles. The maximum absolute atomic E-state index is 13.2. The highest BCUT2D eigenvalue weighted by Crippen LogP contribution is 2.48. The standard InChI is InChI=1S/C24H25NO3S/c1-17-9-11-21(12-10-17)29(27,28)25-15-20-13-22(19-7-5-4-6-8-19)23(18(2)26)14-24(20,3)16-25/h4-13H,14-16H2,1-3H3. The number of carbonyl (C=O) groups is 1. The summed E-state index contributed by atoms with van der Waals surface area (Å²) in [7, 11) is -3.58. The molecule has 0 aromatic heterocycles. The third-order valence-electron chi connectivity index (χ3n) is 6.03. The molecule has 150 valence electrons. The largest absolute Gasteiger partial charge is 0.295 e. The van der Waals surface area contributed by atoms with Crippen LogP contribution < -0.4 is 0 Å². The SMILES string of the molecule is CC(=O)C1=C(c2ccccc2)C=C2CN(S(=O)(=O)c3ccc(C)cc3)CC2(C)C1. The van der Waals surface area contributed by atoms with E-state index in [4.69, 9.17) is 0 Å². The first-order valence-corrected chi connectivity index (χ1v) is 11.2. The van der Waals surface area contributed by atoms with E-state index in [0.717, 1.165) is 27.8 Å². The Bertz CT molecular complexity index is 1130. The normalized spacial score (nSPS) is 22.4. The molecular formula is C24H25NO3S. The van der Waals surface area contributed by atoms with Crippen molar-refractivity contribution in [2.45, 2.75) is 32.1 Å². The van der Waals surface area contributed by atoms with Crippen molar-refractivity contribution in [2.24, 2.45) is 5.41 Å². The molecule has 2 aliphatic rings. The van der Waals surface area contributed by atoms with E-state index in [9.17, 15) is 13.2 Å². The lowest BCUT2D eigenvalue weighted by atomic mass is 9.72. The second-order valence-corrected chi connectivity index (χ2v) is 10.2. The van der Waals surface area contributed by atoms with Crippen LogP contribution in [-0.2, 0) is 14.8 Å². The van der Waals surface area contributed by atoms with E-state index in [2.05, 4.69) is 6.92 Å². The van der Waals surface area contributed by atoms with E-state index in [1.807, 2.05) is 55.5 Å². The van der Waals surface area contributed by atoms with Crippen LogP contribution in [0, 0.1) is 12.3 Å². The lowest BCUT2D eigenvalue weighted by Gasteiger charge is -2.31. The summed E-state index contributed by atoms with van der Waals surface area (Å²) < 4.78 is 28.0. The van der Waals surface area contributed by atoms with Crippen LogP contribution in [0.25, 0.3) is 5.57 Å². The molecule has 29 heavy (non-hydrogen) atoms. The highest BCUT2D eigenvalue weighted by atomic mass is 32.2. The Morgan fingerprint density at radius 2 is 1.69 bits per heavy atom. The van der Waals surface area contributed by atoms with Crippen molar-refractivity contribution in [3.8, 4) is 0 Å². The van der Waals surface area contributed by atoms with Gasteiger partial charge in [0.2, 0.25) is 10.0 Å². The Hall–Kier alpha value is -2.50. The smallest absolute Gasteiger partial charge is 0.243 e. The van der Waals surface area contributed by atoms with Gasteiger partial charge in [-0.25, -0.2) is 8.42 Å². The monoisotopic (exact) mass is 407 g/mol. The molecule has 1 fully saturated rings. The maximum Gasteiger partial charge on any atom is 0.243 e. The lowest BCUT2D eigenvalue weighted by molar-refractivity contribution is -0.113. The number of carbonyl (C=O) groups excluding carboxylic acids is 1. The van der Waals surface area contributed by atoms with Gasteiger partial charge >= 0.3 is 0 Å². The zero-order valence-electron chi connectivity index (χ0n) is 17.0. The van der Waals surface area contributed by atoms with E-state index in [1.54, 1.807) is 23.4 Å². The molecule has 2 aromatic rings. The Morgan fingerprint density at radius 3 is 2.31 bits per heavy atom. The van der Waals surface area contributed by atoms with Crippen LogP contribution in [0.2, 0.25) is 0 Å². The molecule has 1 heterocycles. The van der Waals surface area contributed by atoms with E-state index >= 15 is 0 Å². The molecule has 1 unspecified atom stereocenters. The van der Waals surface area contributed by atoms with Crippen molar-refractivity contribution in [3.63, 3.8) is 0 Å². The van der Waals surface area contributed by atoms with Gasteiger partial charge in [-0.3, -0.25) is 4.79 Å². The van der Waals surface area contributed by atoms with Crippen LogP contribution >= 0.6 is 0 Å².